The second-order valence-corrected chi connectivity index (χ2v) is 5.17. The van der Waals surface area contributed by atoms with Gasteiger partial charge < -0.3 is 9.88 Å². The molecule has 0 aliphatic carbocycles. The summed E-state index contributed by atoms with van der Waals surface area (Å²) in [6.07, 6.45) is 1.75. The fourth-order valence-corrected chi connectivity index (χ4v) is 2.32. The van der Waals surface area contributed by atoms with Crippen LogP contribution in [-0.2, 0) is 6.54 Å². The highest BCUT2D eigenvalue weighted by molar-refractivity contribution is 5.82. The van der Waals surface area contributed by atoms with E-state index >= 15 is 0 Å². The molecule has 2 heterocycles. The summed E-state index contributed by atoms with van der Waals surface area (Å²) in [6.45, 7) is 0.581. The number of nitrogens with zero attached hydrogens (tertiary/aromatic N) is 2. The number of pyridine rings is 1. The van der Waals surface area contributed by atoms with Gasteiger partial charge in [-0.25, -0.2) is 9.37 Å². The Kier molecular flexibility index (Phi) is 3.24. The molecule has 102 valence electrons. The van der Waals surface area contributed by atoms with E-state index in [2.05, 4.69) is 9.97 Å². The van der Waals surface area contributed by atoms with Crippen LogP contribution >= 0.6 is 0 Å². The molecule has 0 saturated heterocycles. The minimum absolute atomic E-state index is 0.170. The van der Waals surface area contributed by atoms with E-state index in [1.165, 1.54) is 6.07 Å². The molecule has 0 aliphatic rings. The van der Waals surface area contributed by atoms with Gasteiger partial charge in [0.1, 0.15) is 11.5 Å². The van der Waals surface area contributed by atoms with Crippen LogP contribution in [0.15, 0.2) is 42.6 Å². The smallest absolute Gasteiger partial charge is 0.137 e. The van der Waals surface area contributed by atoms with Crippen LogP contribution in [0, 0.1) is 5.82 Å². The number of rotatable bonds is 3. The molecule has 3 aromatic rings. The molecule has 3 rings (SSSR count). The van der Waals surface area contributed by atoms with E-state index in [1.807, 2.05) is 43.3 Å². The van der Waals surface area contributed by atoms with Crippen LogP contribution in [0.4, 0.5) is 4.39 Å². The van der Waals surface area contributed by atoms with E-state index in [0.717, 1.165) is 22.3 Å². The van der Waals surface area contributed by atoms with E-state index in [4.69, 9.17) is 0 Å². The molecule has 3 nitrogen and oxygen atoms in total. The van der Waals surface area contributed by atoms with E-state index in [0.29, 0.717) is 12.1 Å². The monoisotopic (exact) mass is 269 g/mol. The average Bonchev–Trinajstić information content (AvgIpc) is 2.84. The van der Waals surface area contributed by atoms with Crippen LogP contribution in [0.1, 0.15) is 5.56 Å². The lowest BCUT2D eigenvalue weighted by atomic mass is 10.1. The predicted octanol–water partition coefficient (Wildman–Crippen LogP) is 3.43. The van der Waals surface area contributed by atoms with Gasteiger partial charge in [-0.1, -0.05) is 0 Å². The number of nitrogens with one attached hydrogen (secondary N) is 1. The number of H-pyrrole nitrogens is 1. The van der Waals surface area contributed by atoms with Gasteiger partial charge in [0.25, 0.3) is 0 Å². The molecule has 1 aromatic carbocycles. The molecule has 0 unspecified atom stereocenters. The Morgan fingerprint density at radius 1 is 1.20 bits per heavy atom. The number of halogens is 1. The first-order valence-electron chi connectivity index (χ1n) is 6.51. The van der Waals surface area contributed by atoms with Crippen LogP contribution in [0.5, 0.6) is 0 Å². The maximum Gasteiger partial charge on any atom is 0.137 e. The Morgan fingerprint density at radius 3 is 2.80 bits per heavy atom. The molecule has 1 N–H and O–H groups in total. The van der Waals surface area contributed by atoms with Crippen LogP contribution in [0.25, 0.3) is 22.3 Å². The highest BCUT2D eigenvalue weighted by atomic mass is 19.1. The van der Waals surface area contributed by atoms with Crippen molar-refractivity contribution in [2.75, 3.05) is 14.1 Å². The van der Waals surface area contributed by atoms with Crippen molar-refractivity contribution in [3.8, 4) is 11.3 Å². The van der Waals surface area contributed by atoms with Crippen molar-refractivity contribution in [1.82, 2.24) is 14.9 Å². The van der Waals surface area contributed by atoms with E-state index < -0.39 is 0 Å². The Hall–Kier alpha value is -2.20. The van der Waals surface area contributed by atoms with Crippen molar-refractivity contribution in [2.24, 2.45) is 0 Å². The van der Waals surface area contributed by atoms with E-state index in [9.17, 15) is 4.39 Å². The molecule has 0 saturated carbocycles. The van der Waals surface area contributed by atoms with Gasteiger partial charge in [-0.2, -0.15) is 0 Å². The zero-order chi connectivity index (χ0) is 14.1. The Morgan fingerprint density at radius 2 is 2.05 bits per heavy atom. The van der Waals surface area contributed by atoms with Gasteiger partial charge in [0.05, 0.1) is 0 Å². The molecular formula is C16H16FN3. The summed E-state index contributed by atoms with van der Waals surface area (Å²) in [7, 11) is 3.86. The summed E-state index contributed by atoms with van der Waals surface area (Å²) in [5.74, 6) is -0.170. The zero-order valence-electron chi connectivity index (χ0n) is 11.5. The number of aromatic amines is 1. The molecule has 0 aliphatic heterocycles. The van der Waals surface area contributed by atoms with Crippen molar-refractivity contribution in [3.05, 3.63) is 54.0 Å². The molecular weight excluding hydrogens is 253 g/mol. The number of hydrogen-bond acceptors (Lipinski definition) is 2. The first-order chi connectivity index (χ1) is 9.63. The van der Waals surface area contributed by atoms with Crippen LogP contribution in [-0.4, -0.2) is 29.0 Å². The van der Waals surface area contributed by atoms with Gasteiger partial charge in [-0.15, -0.1) is 0 Å². The largest absolute Gasteiger partial charge is 0.339 e. The van der Waals surface area contributed by atoms with Gasteiger partial charge in [0, 0.05) is 29.4 Å². The maximum absolute atomic E-state index is 13.8. The summed E-state index contributed by atoms with van der Waals surface area (Å²) in [5, 5.41) is 1.06. The molecule has 20 heavy (non-hydrogen) atoms. The summed E-state index contributed by atoms with van der Waals surface area (Å²) in [5.41, 5.74) is 3.47. The summed E-state index contributed by atoms with van der Waals surface area (Å²) in [6, 6.07) is 11.1. The topological polar surface area (TPSA) is 31.9 Å². The van der Waals surface area contributed by atoms with Crippen molar-refractivity contribution >= 4 is 11.0 Å². The van der Waals surface area contributed by atoms with Crippen molar-refractivity contribution in [1.29, 1.82) is 0 Å². The van der Waals surface area contributed by atoms with E-state index in [1.54, 1.807) is 12.3 Å². The maximum atomic E-state index is 13.8. The summed E-state index contributed by atoms with van der Waals surface area (Å²) in [4.78, 5) is 9.50. The van der Waals surface area contributed by atoms with Crippen molar-refractivity contribution < 1.29 is 4.39 Å². The Labute approximate surface area is 117 Å². The number of aromatic nitrogens is 2. The quantitative estimate of drug-likeness (QED) is 0.790. The highest BCUT2D eigenvalue weighted by Crippen LogP contribution is 2.25. The second-order valence-electron chi connectivity index (χ2n) is 5.17. The second kappa shape index (κ2) is 5.06. The average molecular weight is 269 g/mol. The fourth-order valence-electron chi connectivity index (χ4n) is 2.32. The normalized spacial score (nSPS) is 11.4. The molecule has 0 amide bonds. The first kappa shape index (κ1) is 12.8. The lowest BCUT2D eigenvalue weighted by Gasteiger charge is -2.11. The number of fused-ring (bicyclic) bond motifs is 1. The Balaban J connectivity index is 2.05. The first-order valence-corrected chi connectivity index (χ1v) is 6.51. The van der Waals surface area contributed by atoms with Gasteiger partial charge >= 0.3 is 0 Å². The molecule has 0 bridgehead atoms. The SMILES string of the molecule is CN(C)Cc1cc(-c2cc3cccnc3[nH]2)ccc1F. The van der Waals surface area contributed by atoms with Gasteiger partial charge in [-0.3, -0.25) is 0 Å². The lowest BCUT2D eigenvalue weighted by Crippen LogP contribution is -2.12. The predicted molar refractivity (Wildman–Crippen MR) is 78.9 cm³/mol. The minimum Gasteiger partial charge on any atom is -0.339 e. The molecule has 0 atom stereocenters. The fraction of sp³-hybridized carbons (Fsp3) is 0.188. The standard InChI is InChI=1S/C16H16FN3/c1-20(2)10-13-8-11(5-6-14(13)17)15-9-12-4-3-7-18-16(12)19-15/h3-9H,10H2,1-2H3,(H,18,19). The van der Waals surface area contributed by atoms with Crippen molar-refractivity contribution in [3.63, 3.8) is 0 Å². The van der Waals surface area contributed by atoms with Crippen LogP contribution < -0.4 is 0 Å². The molecule has 2 aromatic heterocycles. The van der Waals surface area contributed by atoms with Crippen molar-refractivity contribution in [2.45, 2.75) is 6.54 Å². The third-order valence-electron chi connectivity index (χ3n) is 3.24. The molecule has 0 fully saturated rings. The van der Waals surface area contributed by atoms with Gasteiger partial charge in [-0.05, 0) is 56.1 Å². The number of hydrogen-bond donors (Lipinski definition) is 1. The zero-order valence-corrected chi connectivity index (χ0v) is 11.5. The molecule has 4 heteroatoms. The minimum atomic E-state index is -0.170. The van der Waals surface area contributed by atoms with Crippen LogP contribution in [0.3, 0.4) is 0 Å². The summed E-state index contributed by atoms with van der Waals surface area (Å²) >= 11 is 0. The number of benzene rings is 1. The van der Waals surface area contributed by atoms with E-state index in [-0.39, 0.29) is 5.82 Å². The molecule has 0 radical (unpaired) electrons. The van der Waals surface area contributed by atoms with Crippen LogP contribution in [0.2, 0.25) is 0 Å². The molecule has 0 spiro atoms. The Bertz CT molecular complexity index is 713. The van der Waals surface area contributed by atoms with Gasteiger partial charge in [0.2, 0.25) is 0 Å². The third kappa shape index (κ3) is 2.42. The third-order valence-corrected chi connectivity index (χ3v) is 3.24. The van der Waals surface area contributed by atoms with Gasteiger partial charge in [0.15, 0.2) is 0 Å². The lowest BCUT2D eigenvalue weighted by molar-refractivity contribution is 0.392. The highest BCUT2D eigenvalue weighted by Gasteiger charge is 2.08. The summed E-state index contributed by atoms with van der Waals surface area (Å²) < 4.78 is 13.8.